The van der Waals surface area contributed by atoms with E-state index in [1.165, 1.54) is 0 Å². The Balaban J connectivity index is 1.89. The summed E-state index contributed by atoms with van der Waals surface area (Å²) in [5.41, 5.74) is 1.16. The molecule has 2 aromatic carbocycles. The summed E-state index contributed by atoms with van der Waals surface area (Å²) in [6.07, 6.45) is 0.986. The molecular weight excluding hydrogens is 350 g/mol. The standard InChI is InChI=1S/C20H27NO4S/c1-5-20(2,3)16-6-12-19(13-7-16)26(22,23)21-14-15-25-18-10-8-17(24-4)9-11-18/h6-13,21H,5,14-15H2,1-4H3. The van der Waals surface area contributed by atoms with Crippen molar-refractivity contribution in [1.29, 1.82) is 0 Å². The Labute approximate surface area is 156 Å². The fourth-order valence-corrected chi connectivity index (χ4v) is 3.40. The van der Waals surface area contributed by atoms with E-state index in [1.807, 2.05) is 12.1 Å². The third-order valence-corrected chi connectivity index (χ3v) is 6.03. The summed E-state index contributed by atoms with van der Waals surface area (Å²) in [7, 11) is -1.95. The van der Waals surface area contributed by atoms with Gasteiger partial charge in [-0.3, -0.25) is 0 Å². The van der Waals surface area contributed by atoms with Crippen LogP contribution in [0.1, 0.15) is 32.8 Å². The number of benzene rings is 2. The van der Waals surface area contributed by atoms with Crippen molar-refractivity contribution in [2.75, 3.05) is 20.3 Å². The molecule has 0 bridgehead atoms. The Morgan fingerprint density at radius 3 is 2.08 bits per heavy atom. The van der Waals surface area contributed by atoms with Crippen molar-refractivity contribution in [3.05, 3.63) is 54.1 Å². The van der Waals surface area contributed by atoms with E-state index < -0.39 is 10.0 Å². The van der Waals surface area contributed by atoms with E-state index in [4.69, 9.17) is 9.47 Å². The summed E-state index contributed by atoms with van der Waals surface area (Å²) in [6, 6.07) is 14.2. The average molecular weight is 378 g/mol. The lowest BCUT2D eigenvalue weighted by Gasteiger charge is -2.23. The van der Waals surface area contributed by atoms with Crippen molar-refractivity contribution in [2.24, 2.45) is 0 Å². The van der Waals surface area contributed by atoms with Gasteiger partial charge in [-0.05, 0) is 53.8 Å². The highest BCUT2D eigenvalue weighted by atomic mass is 32.2. The molecule has 0 aliphatic rings. The van der Waals surface area contributed by atoms with Crippen LogP contribution in [0.25, 0.3) is 0 Å². The van der Waals surface area contributed by atoms with Gasteiger partial charge in [0, 0.05) is 6.54 Å². The zero-order valence-electron chi connectivity index (χ0n) is 15.8. The zero-order chi connectivity index (χ0) is 19.2. The molecule has 0 saturated carbocycles. The zero-order valence-corrected chi connectivity index (χ0v) is 16.6. The predicted octanol–water partition coefficient (Wildman–Crippen LogP) is 3.74. The lowest BCUT2D eigenvalue weighted by atomic mass is 9.82. The van der Waals surface area contributed by atoms with Crippen LogP contribution in [0.2, 0.25) is 0 Å². The summed E-state index contributed by atoms with van der Waals surface area (Å²) >= 11 is 0. The number of ether oxygens (including phenoxy) is 2. The SMILES string of the molecule is CCC(C)(C)c1ccc(S(=O)(=O)NCCOc2ccc(OC)cc2)cc1. The maximum atomic E-state index is 12.4. The van der Waals surface area contributed by atoms with Crippen molar-refractivity contribution < 1.29 is 17.9 Å². The molecule has 0 unspecified atom stereocenters. The lowest BCUT2D eigenvalue weighted by molar-refractivity contribution is 0.322. The summed E-state index contributed by atoms with van der Waals surface area (Å²) in [6.45, 7) is 6.84. The van der Waals surface area contributed by atoms with E-state index in [-0.39, 0.29) is 23.5 Å². The lowest BCUT2D eigenvalue weighted by Crippen LogP contribution is -2.28. The molecule has 0 fully saturated rings. The molecule has 0 amide bonds. The fraction of sp³-hybridized carbons (Fsp3) is 0.400. The molecule has 0 atom stereocenters. The number of rotatable bonds is 9. The van der Waals surface area contributed by atoms with Crippen molar-refractivity contribution in [3.63, 3.8) is 0 Å². The van der Waals surface area contributed by atoms with Crippen LogP contribution in [0.4, 0.5) is 0 Å². The predicted molar refractivity (Wildman–Crippen MR) is 103 cm³/mol. The molecule has 0 aromatic heterocycles. The minimum Gasteiger partial charge on any atom is -0.497 e. The number of hydrogen-bond donors (Lipinski definition) is 1. The summed E-state index contributed by atoms with van der Waals surface area (Å²) in [4.78, 5) is 0.262. The van der Waals surface area contributed by atoms with E-state index in [9.17, 15) is 8.42 Å². The number of sulfonamides is 1. The minimum absolute atomic E-state index is 0.0297. The molecule has 2 aromatic rings. The normalized spacial score (nSPS) is 12.0. The van der Waals surface area contributed by atoms with Gasteiger partial charge >= 0.3 is 0 Å². The molecule has 26 heavy (non-hydrogen) atoms. The minimum atomic E-state index is -3.54. The molecule has 0 aliphatic carbocycles. The molecule has 1 N–H and O–H groups in total. The first kappa shape index (κ1) is 20.3. The monoisotopic (exact) mass is 377 g/mol. The average Bonchev–Trinajstić information content (AvgIpc) is 2.66. The van der Waals surface area contributed by atoms with Gasteiger partial charge in [-0.2, -0.15) is 0 Å². The third kappa shape index (κ3) is 5.22. The molecular formula is C20H27NO4S. The summed E-state index contributed by atoms with van der Waals surface area (Å²) in [5.74, 6) is 1.41. The maximum Gasteiger partial charge on any atom is 0.240 e. The molecule has 0 saturated heterocycles. The molecule has 6 heteroatoms. The maximum absolute atomic E-state index is 12.4. The van der Waals surface area contributed by atoms with Crippen LogP contribution in [0.3, 0.4) is 0 Å². The van der Waals surface area contributed by atoms with E-state index in [0.29, 0.717) is 5.75 Å². The van der Waals surface area contributed by atoms with Crippen LogP contribution in [-0.2, 0) is 15.4 Å². The first-order valence-corrected chi connectivity index (χ1v) is 10.1. The third-order valence-electron chi connectivity index (χ3n) is 4.55. The van der Waals surface area contributed by atoms with E-state index in [1.54, 1.807) is 43.5 Å². The number of methoxy groups -OCH3 is 1. The molecule has 0 aliphatic heterocycles. The van der Waals surface area contributed by atoms with Crippen LogP contribution in [0.5, 0.6) is 11.5 Å². The van der Waals surface area contributed by atoms with Crippen molar-refractivity contribution in [1.82, 2.24) is 4.72 Å². The van der Waals surface area contributed by atoms with E-state index >= 15 is 0 Å². The molecule has 0 radical (unpaired) electrons. The number of nitrogens with one attached hydrogen (secondary N) is 1. The Bertz CT molecular complexity index is 797. The highest BCUT2D eigenvalue weighted by Gasteiger charge is 2.19. The van der Waals surface area contributed by atoms with Crippen molar-refractivity contribution in [3.8, 4) is 11.5 Å². The van der Waals surface area contributed by atoms with Gasteiger partial charge in [-0.1, -0.05) is 32.9 Å². The Kier molecular flexibility index (Phi) is 6.67. The van der Waals surface area contributed by atoms with Crippen molar-refractivity contribution >= 4 is 10.0 Å². The van der Waals surface area contributed by atoms with Crippen LogP contribution in [0, 0.1) is 0 Å². The topological polar surface area (TPSA) is 64.6 Å². The van der Waals surface area contributed by atoms with Gasteiger partial charge in [-0.25, -0.2) is 13.1 Å². The molecule has 142 valence electrons. The Hall–Kier alpha value is -2.05. The smallest absolute Gasteiger partial charge is 0.240 e. The van der Waals surface area contributed by atoms with E-state index in [0.717, 1.165) is 17.7 Å². The first-order chi connectivity index (χ1) is 12.3. The second-order valence-electron chi connectivity index (χ2n) is 6.68. The number of hydrogen-bond acceptors (Lipinski definition) is 4. The van der Waals surface area contributed by atoms with Crippen molar-refractivity contribution in [2.45, 2.75) is 37.5 Å². The van der Waals surface area contributed by atoms with Gasteiger partial charge in [0.1, 0.15) is 18.1 Å². The van der Waals surface area contributed by atoms with Crippen LogP contribution in [0.15, 0.2) is 53.4 Å². The fourth-order valence-electron chi connectivity index (χ4n) is 2.39. The van der Waals surface area contributed by atoms with Gasteiger partial charge < -0.3 is 9.47 Å². The van der Waals surface area contributed by atoms with Gasteiger partial charge in [0.25, 0.3) is 0 Å². The molecule has 5 nitrogen and oxygen atoms in total. The molecule has 0 spiro atoms. The highest BCUT2D eigenvalue weighted by molar-refractivity contribution is 7.89. The van der Waals surface area contributed by atoms with Gasteiger partial charge in [-0.15, -0.1) is 0 Å². The van der Waals surface area contributed by atoms with Gasteiger partial charge in [0.15, 0.2) is 0 Å². The Morgan fingerprint density at radius 1 is 0.962 bits per heavy atom. The second kappa shape index (κ2) is 8.56. The summed E-state index contributed by atoms with van der Waals surface area (Å²) < 4.78 is 37.9. The largest absolute Gasteiger partial charge is 0.497 e. The van der Waals surface area contributed by atoms with Gasteiger partial charge in [0.05, 0.1) is 12.0 Å². The molecule has 0 heterocycles. The van der Waals surface area contributed by atoms with Crippen LogP contribution < -0.4 is 14.2 Å². The van der Waals surface area contributed by atoms with Crippen LogP contribution in [-0.4, -0.2) is 28.7 Å². The quantitative estimate of drug-likeness (QED) is 0.676. The van der Waals surface area contributed by atoms with E-state index in [2.05, 4.69) is 25.5 Å². The highest BCUT2D eigenvalue weighted by Crippen LogP contribution is 2.27. The Morgan fingerprint density at radius 2 is 1.54 bits per heavy atom. The second-order valence-corrected chi connectivity index (χ2v) is 8.45. The molecule has 2 rings (SSSR count). The van der Waals surface area contributed by atoms with Gasteiger partial charge in [0.2, 0.25) is 10.0 Å². The summed E-state index contributed by atoms with van der Waals surface area (Å²) in [5, 5.41) is 0. The van der Waals surface area contributed by atoms with Crippen LogP contribution >= 0.6 is 0 Å². The first-order valence-electron chi connectivity index (χ1n) is 8.65.